The molecule has 1 aromatic heterocycles. The zero-order valence-corrected chi connectivity index (χ0v) is 19.7. The van der Waals surface area contributed by atoms with Crippen LogP contribution >= 0.6 is 0 Å². The predicted molar refractivity (Wildman–Crippen MR) is 129 cm³/mol. The summed E-state index contributed by atoms with van der Waals surface area (Å²) in [7, 11) is 1.60. The summed E-state index contributed by atoms with van der Waals surface area (Å²) in [6.45, 7) is 6.05. The number of aromatic nitrogens is 1. The summed E-state index contributed by atoms with van der Waals surface area (Å²) in [6, 6.07) is 12.9. The maximum absolute atomic E-state index is 13.4. The summed E-state index contributed by atoms with van der Waals surface area (Å²) >= 11 is 0. The predicted octanol–water partition coefficient (Wildman–Crippen LogP) is 5.91. The number of methoxy groups -OCH3 is 1. The van der Waals surface area contributed by atoms with Crippen molar-refractivity contribution in [3.05, 3.63) is 84.1 Å². The van der Waals surface area contributed by atoms with Gasteiger partial charge in [-0.25, -0.2) is 0 Å². The van der Waals surface area contributed by atoms with Gasteiger partial charge in [-0.3, -0.25) is 4.98 Å². The molecular formula is C28H30F3N2O2+. The highest BCUT2D eigenvalue weighted by Gasteiger charge is 2.54. The molecular weight excluding hydrogens is 453 g/mol. The Morgan fingerprint density at radius 1 is 1.23 bits per heavy atom. The third-order valence-electron chi connectivity index (χ3n) is 8.09. The molecule has 0 radical (unpaired) electrons. The molecule has 2 aromatic carbocycles. The van der Waals surface area contributed by atoms with Crippen molar-refractivity contribution in [2.24, 2.45) is 11.8 Å². The van der Waals surface area contributed by atoms with E-state index in [1.807, 2.05) is 30.3 Å². The van der Waals surface area contributed by atoms with Gasteiger partial charge in [0, 0.05) is 35.9 Å². The number of rotatable bonds is 6. The standard InChI is InChI=1S/C28H30F3N2O2/c1-3-19-17-33(16-18-5-4-6-21(13-18)28(29,30)31)12-10-20(19)14-26(33)27(34)23-9-11-32-25-8-7-22(35-2)15-24(23)25/h3-9,11,13,15,19-20,26-27,34H,1,10,12,14,16-17H2,2H3/q+1/t19?,20?,26?,27?,33-/m0/s1. The number of nitrogens with zero attached hydrogens (tertiary/aromatic N) is 2. The number of ether oxygens (including phenoxy) is 1. The van der Waals surface area contributed by atoms with Gasteiger partial charge in [-0.15, -0.1) is 6.58 Å². The summed E-state index contributed by atoms with van der Waals surface area (Å²) in [5.41, 5.74) is 1.56. The van der Waals surface area contributed by atoms with Crippen molar-refractivity contribution < 1.29 is 27.5 Å². The fraction of sp³-hybridized carbons (Fsp3) is 0.393. The number of hydrogen-bond donors (Lipinski definition) is 1. The number of fused-ring (bicyclic) bond motifs is 4. The molecule has 7 heteroatoms. The van der Waals surface area contributed by atoms with Crippen LogP contribution in [-0.2, 0) is 12.7 Å². The maximum Gasteiger partial charge on any atom is 0.416 e. The van der Waals surface area contributed by atoms with Gasteiger partial charge >= 0.3 is 6.18 Å². The highest BCUT2D eigenvalue weighted by Crippen LogP contribution is 2.48. The zero-order valence-electron chi connectivity index (χ0n) is 19.7. The Morgan fingerprint density at radius 3 is 2.80 bits per heavy atom. The zero-order chi connectivity index (χ0) is 24.8. The van der Waals surface area contributed by atoms with E-state index >= 15 is 0 Å². The van der Waals surface area contributed by atoms with Gasteiger partial charge in [0.15, 0.2) is 0 Å². The van der Waals surface area contributed by atoms with Gasteiger partial charge < -0.3 is 14.3 Å². The first kappa shape index (κ1) is 23.8. The minimum atomic E-state index is -4.39. The highest BCUT2D eigenvalue weighted by atomic mass is 19.4. The molecule has 0 amide bonds. The number of aliphatic hydroxyl groups is 1. The lowest BCUT2D eigenvalue weighted by Gasteiger charge is -2.58. The lowest BCUT2D eigenvalue weighted by atomic mass is 9.71. The average molecular weight is 484 g/mol. The van der Waals surface area contributed by atoms with E-state index in [9.17, 15) is 18.3 Å². The molecule has 3 aromatic rings. The SMILES string of the molecule is C=CC1C[N@@+]2(Cc3cccc(C(F)(F)F)c3)CCC1CC2C(O)c1ccnc2ccc(OC)cc12. The molecule has 0 saturated carbocycles. The van der Waals surface area contributed by atoms with Gasteiger partial charge in [0.1, 0.15) is 24.4 Å². The van der Waals surface area contributed by atoms with Crippen molar-refractivity contribution in [1.82, 2.24) is 4.98 Å². The maximum atomic E-state index is 13.4. The summed E-state index contributed by atoms with van der Waals surface area (Å²) in [6.07, 6.45) is 0.287. The molecule has 3 aliphatic rings. The first-order chi connectivity index (χ1) is 16.7. The Kier molecular flexibility index (Phi) is 6.09. The minimum absolute atomic E-state index is 0.142. The second-order valence-electron chi connectivity index (χ2n) is 9.96. The molecule has 35 heavy (non-hydrogen) atoms. The molecule has 3 aliphatic heterocycles. The highest BCUT2D eigenvalue weighted by molar-refractivity contribution is 5.83. The van der Waals surface area contributed by atoms with Crippen LogP contribution in [0, 0.1) is 11.8 Å². The second kappa shape index (κ2) is 8.95. The number of piperidine rings is 3. The molecule has 6 rings (SSSR count). The van der Waals surface area contributed by atoms with Crippen LogP contribution in [-0.4, -0.2) is 40.8 Å². The molecule has 2 bridgehead atoms. The summed E-state index contributed by atoms with van der Waals surface area (Å²) in [5, 5.41) is 12.7. The first-order valence-electron chi connectivity index (χ1n) is 12.0. The van der Waals surface area contributed by atoms with E-state index < -0.39 is 17.8 Å². The molecule has 184 valence electrons. The van der Waals surface area contributed by atoms with E-state index in [0.29, 0.717) is 28.3 Å². The van der Waals surface area contributed by atoms with E-state index in [1.165, 1.54) is 12.1 Å². The van der Waals surface area contributed by atoms with Gasteiger partial charge in [-0.05, 0) is 47.9 Å². The summed E-state index contributed by atoms with van der Waals surface area (Å²) < 4.78 is 46.2. The Hall–Kier alpha value is -2.90. The van der Waals surface area contributed by atoms with E-state index in [1.54, 1.807) is 19.4 Å². The third-order valence-corrected chi connectivity index (χ3v) is 8.09. The molecule has 5 atom stereocenters. The van der Waals surface area contributed by atoms with Crippen LogP contribution in [0.1, 0.15) is 35.6 Å². The van der Waals surface area contributed by atoms with E-state index in [4.69, 9.17) is 4.74 Å². The van der Waals surface area contributed by atoms with Crippen LogP contribution in [0.15, 0.2) is 67.4 Å². The second-order valence-corrected chi connectivity index (χ2v) is 9.96. The van der Waals surface area contributed by atoms with Crippen molar-refractivity contribution in [3.8, 4) is 5.75 Å². The number of halogens is 3. The number of benzene rings is 2. The molecule has 4 nitrogen and oxygen atoms in total. The van der Waals surface area contributed by atoms with E-state index in [2.05, 4.69) is 11.6 Å². The Morgan fingerprint density at radius 2 is 2.06 bits per heavy atom. The van der Waals surface area contributed by atoms with Crippen molar-refractivity contribution in [2.75, 3.05) is 20.2 Å². The summed E-state index contributed by atoms with van der Waals surface area (Å²) in [4.78, 5) is 4.44. The largest absolute Gasteiger partial charge is 0.497 e. The Bertz CT molecular complexity index is 1240. The van der Waals surface area contributed by atoms with E-state index in [-0.39, 0.29) is 12.0 Å². The molecule has 0 spiro atoms. The average Bonchev–Trinajstić information content (AvgIpc) is 2.87. The lowest BCUT2D eigenvalue weighted by Crippen LogP contribution is -2.67. The molecule has 4 heterocycles. The van der Waals surface area contributed by atoms with Crippen LogP contribution in [0.4, 0.5) is 13.2 Å². The first-order valence-corrected chi connectivity index (χ1v) is 12.0. The molecule has 1 N–H and O–H groups in total. The summed E-state index contributed by atoms with van der Waals surface area (Å²) in [5.74, 6) is 1.38. The third kappa shape index (κ3) is 4.32. The normalized spacial score (nSPS) is 27.1. The number of hydrogen-bond acceptors (Lipinski definition) is 3. The van der Waals surface area contributed by atoms with Crippen molar-refractivity contribution in [1.29, 1.82) is 0 Å². The monoisotopic (exact) mass is 483 g/mol. The smallest absolute Gasteiger partial charge is 0.416 e. The molecule has 4 unspecified atom stereocenters. The molecule has 0 aliphatic carbocycles. The van der Waals surface area contributed by atoms with Gasteiger partial charge in [0.05, 0.1) is 31.3 Å². The number of alkyl halides is 3. The minimum Gasteiger partial charge on any atom is -0.497 e. The van der Waals surface area contributed by atoms with Crippen LogP contribution in [0.3, 0.4) is 0 Å². The molecule has 3 saturated heterocycles. The van der Waals surface area contributed by atoms with Gasteiger partial charge in [-0.1, -0.05) is 18.2 Å². The van der Waals surface area contributed by atoms with Crippen LogP contribution < -0.4 is 4.74 Å². The number of aliphatic hydroxyl groups excluding tert-OH is 1. The van der Waals surface area contributed by atoms with Crippen molar-refractivity contribution >= 4 is 10.9 Å². The quantitative estimate of drug-likeness (QED) is 0.350. The van der Waals surface area contributed by atoms with Crippen LogP contribution in [0.25, 0.3) is 10.9 Å². The Labute approximate surface area is 203 Å². The van der Waals surface area contributed by atoms with Crippen LogP contribution in [0.5, 0.6) is 5.75 Å². The van der Waals surface area contributed by atoms with Gasteiger partial charge in [-0.2, -0.15) is 13.2 Å². The molecule has 3 fully saturated rings. The number of quaternary nitrogens is 1. The van der Waals surface area contributed by atoms with E-state index in [0.717, 1.165) is 48.5 Å². The van der Waals surface area contributed by atoms with Crippen molar-refractivity contribution in [2.45, 2.75) is 37.7 Å². The lowest BCUT2D eigenvalue weighted by molar-refractivity contribution is -0.984. The fourth-order valence-corrected chi connectivity index (χ4v) is 6.33. The Balaban J connectivity index is 1.55. The fourth-order valence-electron chi connectivity index (χ4n) is 6.33. The van der Waals surface area contributed by atoms with Gasteiger partial charge in [0.25, 0.3) is 0 Å². The van der Waals surface area contributed by atoms with Crippen LogP contribution in [0.2, 0.25) is 0 Å². The number of pyridine rings is 1. The van der Waals surface area contributed by atoms with Gasteiger partial charge in [0.2, 0.25) is 0 Å². The topological polar surface area (TPSA) is 42.4 Å². The van der Waals surface area contributed by atoms with Crippen molar-refractivity contribution in [3.63, 3.8) is 0 Å².